The second-order valence-electron chi connectivity index (χ2n) is 3.86. The van der Waals surface area contributed by atoms with E-state index in [0.29, 0.717) is 6.07 Å². The van der Waals surface area contributed by atoms with E-state index in [9.17, 15) is 22.4 Å². The number of hydrogen-bond donors (Lipinski definition) is 0. The van der Waals surface area contributed by atoms with Crippen LogP contribution in [0.4, 0.5) is 17.6 Å². The van der Waals surface area contributed by atoms with Crippen molar-refractivity contribution in [2.45, 2.75) is 6.61 Å². The van der Waals surface area contributed by atoms with Crippen molar-refractivity contribution in [3.63, 3.8) is 0 Å². The lowest BCUT2D eigenvalue weighted by Gasteiger charge is -2.07. The molecule has 2 rings (SSSR count). The Kier molecular flexibility index (Phi) is 4.02. The molecule has 0 spiro atoms. The maximum absolute atomic E-state index is 13.5. The maximum atomic E-state index is 13.5. The number of benzene rings is 2. The van der Waals surface area contributed by atoms with Gasteiger partial charge < -0.3 is 4.74 Å². The summed E-state index contributed by atoms with van der Waals surface area (Å²) >= 11 is 0. The fourth-order valence-electron chi connectivity index (χ4n) is 1.64. The number of alkyl halides is 2. The molecule has 0 heterocycles. The number of ether oxygens (including phenoxy) is 1. The van der Waals surface area contributed by atoms with E-state index < -0.39 is 24.0 Å². The van der Waals surface area contributed by atoms with Crippen LogP contribution in [0.15, 0.2) is 42.5 Å². The average molecular weight is 284 g/mol. The number of hydrogen-bond acceptors (Lipinski definition) is 2. The zero-order valence-corrected chi connectivity index (χ0v) is 9.95. The molecule has 104 valence electrons. The van der Waals surface area contributed by atoms with E-state index in [4.69, 9.17) is 0 Å². The van der Waals surface area contributed by atoms with E-state index in [1.165, 1.54) is 18.2 Å². The van der Waals surface area contributed by atoms with E-state index in [0.717, 1.165) is 18.2 Å². The highest BCUT2D eigenvalue weighted by atomic mass is 19.3. The first-order chi connectivity index (χ1) is 9.47. The van der Waals surface area contributed by atoms with Gasteiger partial charge in [0.25, 0.3) is 0 Å². The summed E-state index contributed by atoms with van der Waals surface area (Å²) in [6.07, 6.45) is 0. The minimum atomic E-state index is -3.03. The fraction of sp³-hybridized carbons (Fsp3) is 0.0714. The first kappa shape index (κ1) is 14.0. The molecule has 0 aliphatic carbocycles. The fourth-order valence-corrected chi connectivity index (χ4v) is 1.64. The van der Waals surface area contributed by atoms with E-state index in [1.807, 2.05) is 0 Å². The Bertz CT molecular complexity index is 641. The Labute approximate surface area is 111 Å². The molecule has 0 amide bonds. The summed E-state index contributed by atoms with van der Waals surface area (Å²) in [7, 11) is 0. The molecule has 0 atom stereocenters. The molecule has 2 aromatic rings. The maximum Gasteiger partial charge on any atom is 0.387 e. The standard InChI is InChI=1S/C14H8F4O2/c15-9-4-5-11(12(16)7-9)13(19)8-2-1-3-10(6-8)20-14(17)18/h1-7,14H. The molecule has 0 fully saturated rings. The van der Waals surface area contributed by atoms with Crippen LogP contribution < -0.4 is 4.74 Å². The Hall–Kier alpha value is -2.37. The van der Waals surface area contributed by atoms with Gasteiger partial charge in [0.2, 0.25) is 0 Å². The molecule has 0 saturated heterocycles. The van der Waals surface area contributed by atoms with Gasteiger partial charge in [-0.05, 0) is 24.3 Å². The number of rotatable bonds is 4. The van der Waals surface area contributed by atoms with Gasteiger partial charge in [0.15, 0.2) is 5.78 Å². The molecule has 2 nitrogen and oxygen atoms in total. The molecule has 2 aromatic carbocycles. The predicted octanol–water partition coefficient (Wildman–Crippen LogP) is 3.80. The molecule has 0 saturated carbocycles. The largest absolute Gasteiger partial charge is 0.435 e. The van der Waals surface area contributed by atoms with Crippen molar-refractivity contribution in [3.05, 3.63) is 65.2 Å². The van der Waals surface area contributed by atoms with Gasteiger partial charge in [-0.2, -0.15) is 8.78 Å². The minimum Gasteiger partial charge on any atom is -0.435 e. The van der Waals surface area contributed by atoms with Crippen molar-refractivity contribution in [2.24, 2.45) is 0 Å². The Morgan fingerprint density at radius 2 is 1.80 bits per heavy atom. The molecule has 0 aliphatic rings. The average Bonchev–Trinajstić information content (AvgIpc) is 2.37. The monoisotopic (exact) mass is 284 g/mol. The predicted molar refractivity (Wildman–Crippen MR) is 62.9 cm³/mol. The number of carbonyl (C=O) groups is 1. The smallest absolute Gasteiger partial charge is 0.387 e. The van der Waals surface area contributed by atoms with Gasteiger partial charge >= 0.3 is 6.61 Å². The van der Waals surface area contributed by atoms with Gasteiger partial charge in [-0.25, -0.2) is 8.78 Å². The van der Waals surface area contributed by atoms with Crippen LogP contribution in [-0.4, -0.2) is 12.4 Å². The summed E-state index contributed by atoms with van der Waals surface area (Å²) in [5.74, 6) is -2.79. The van der Waals surface area contributed by atoms with Crippen LogP contribution in [0.5, 0.6) is 5.75 Å². The Balaban J connectivity index is 2.33. The van der Waals surface area contributed by atoms with Gasteiger partial charge in [-0.15, -0.1) is 0 Å². The molecule has 0 aromatic heterocycles. The SMILES string of the molecule is O=C(c1cccc(OC(F)F)c1)c1ccc(F)cc1F. The Morgan fingerprint density at radius 1 is 1.05 bits per heavy atom. The van der Waals surface area contributed by atoms with Crippen LogP contribution in [0, 0.1) is 11.6 Å². The molecule has 0 N–H and O–H groups in total. The molecule has 0 unspecified atom stereocenters. The molecular formula is C14H8F4O2. The van der Waals surface area contributed by atoms with Gasteiger partial charge in [0, 0.05) is 11.6 Å². The lowest BCUT2D eigenvalue weighted by molar-refractivity contribution is -0.0498. The summed E-state index contributed by atoms with van der Waals surface area (Å²) in [5, 5.41) is 0. The number of carbonyl (C=O) groups excluding carboxylic acids is 1. The van der Waals surface area contributed by atoms with Gasteiger partial charge in [0.05, 0.1) is 5.56 Å². The van der Waals surface area contributed by atoms with E-state index in [1.54, 1.807) is 0 Å². The van der Waals surface area contributed by atoms with Crippen LogP contribution >= 0.6 is 0 Å². The summed E-state index contributed by atoms with van der Waals surface area (Å²) in [5.41, 5.74) is -0.380. The zero-order valence-electron chi connectivity index (χ0n) is 9.95. The first-order valence-electron chi connectivity index (χ1n) is 5.52. The van der Waals surface area contributed by atoms with Crippen molar-refractivity contribution in [1.82, 2.24) is 0 Å². The highest BCUT2D eigenvalue weighted by Gasteiger charge is 2.16. The van der Waals surface area contributed by atoms with Crippen LogP contribution in [0.2, 0.25) is 0 Å². The first-order valence-corrected chi connectivity index (χ1v) is 5.52. The van der Waals surface area contributed by atoms with E-state index >= 15 is 0 Å². The molecule has 6 heteroatoms. The second kappa shape index (κ2) is 5.73. The minimum absolute atomic E-state index is 0.0336. The topological polar surface area (TPSA) is 26.3 Å². The third kappa shape index (κ3) is 3.14. The lowest BCUT2D eigenvalue weighted by atomic mass is 10.0. The van der Waals surface area contributed by atoms with Crippen molar-refractivity contribution < 1.29 is 27.1 Å². The van der Waals surface area contributed by atoms with Crippen molar-refractivity contribution in [3.8, 4) is 5.75 Å². The normalized spacial score (nSPS) is 10.7. The zero-order chi connectivity index (χ0) is 14.7. The summed E-state index contributed by atoms with van der Waals surface area (Å²) < 4.78 is 54.6. The highest BCUT2D eigenvalue weighted by Crippen LogP contribution is 2.20. The van der Waals surface area contributed by atoms with Crippen LogP contribution in [0.3, 0.4) is 0 Å². The summed E-state index contributed by atoms with van der Waals surface area (Å²) in [6, 6.07) is 7.47. The molecule has 0 radical (unpaired) electrons. The third-order valence-electron chi connectivity index (χ3n) is 2.50. The van der Waals surface area contributed by atoms with Crippen molar-refractivity contribution in [2.75, 3.05) is 0 Å². The van der Waals surface area contributed by atoms with Crippen molar-refractivity contribution in [1.29, 1.82) is 0 Å². The lowest BCUT2D eigenvalue weighted by Crippen LogP contribution is -2.06. The molecule has 0 bridgehead atoms. The van der Waals surface area contributed by atoms with Crippen molar-refractivity contribution >= 4 is 5.78 Å². The molecular weight excluding hydrogens is 276 g/mol. The van der Waals surface area contributed by atoms with Crippen LogP contribution in [0.1, 0.15) is 15.9 Å². The third-order valence-corrected chi connectivity index (χ3v) is 2.50. The van der Waals surface area contributed by atoms with E-state index in [-0.39, 0.29) is 16.9 Å². The number of ketones is 1. The van der Waals surface area contributed by atoms with Gasteiger partial charge in [-0.1, -0.05) is 12.1 Å². The Morgan fingerprint density at radius 3 is 2.45 bits per heavy atom. The van der Waals surface area contributed by atoms with Gasteiger partial charge in [-0.3, -0.25) is 4.79 Å². The summed E-state index contributed by atoms with van der Waals surface area (Å²) in [6.45, 7) is -3.03. The summed E-state index contributed by atoms with van der Waals surface area (Å²) in [4.78, 5) is 12.0. The number of halogens is 4. The quantitative estimate of drug-likeness (QED) is 0.630. The van der Waals surface area contributed by atoms with Crippen LogP contribution in [-0.2, 0) is 0 Å². The highest BCUT2D eigenvalue weighted by molar-refractivity contribution is 6.09. The van der Waals surface area contributed by atoms with Gasteiger partial charge in [0.1, 0.15) is 17.4 Å². The van der Waals surface area contributed by atoms with E-state index in [2.05, 4.69) is 4.74 Å². The second-order valence-corrected chi connectivity index (χ2v) is 3.86. The molecule has 20 heavy (non-hydrogen) atoms. The van der Waals surface area contributed by atoms with Crippen LogP contribution in [0.25, 0.3) is 0 Å². The molecule has 0 aliphatic heterocycles.